The van der Waals surface area contributed by atoms with Crippen molar-refractivity contribution in [3.8, 4) is 5.75 Å². The van der Waals surface area contributed by atoms with Crippen LogP contribution in [0.1, 0.15) is 17.5 Å². The van der Waals surface area contributed by atoms with Crippen molar-refractivity contribution >= 4 is 34.4 Å². The molecule has 0 unspecified atom stereocenters. The summed E-state index contributed by atoms with van der Waals surface area (Å²) < 4.78 is 23.6. The van der Waals surface area contributed by atoms with Crippen LogP contribution in [0.15, 0.2) is 57.7 Å². The van der Waals surface area contributed by atoms with Gasteiger partial charge in [0.15, 0.2) is 17.3 Å². The molecule has 0 saturated carbocycles. The number of carbonyl (C=O) groups excluding carboxylic acids is 2. The molecular formula is C19H14ClFN2O5. The lowest BCUT2D eigenvalue weighted by atomic mass is 10.2. The van der Waals surface area contributed by atoms with Crippen LogP contribution in [0, 0.1) is 5.82 Å². The molecule has 28 heavy (non-hydrogen) atoms. The lowest BCUT2D eigenvalue weighted by Crippen LogP contribution is -2.47. The summed E-state index contributed by atoms with van der Waals surface area (Å²) >= 11 is 5.84. The van der Waals surface area contributed by atoms with Gasteiger partial charge in [0, 0.05) is 11.1 Å². The molecule has 2 N–H and O–H groups in total. The highest BCUT2D eigenvalue weighted by atomic mass is 35.5. The molecule has 0 fully saturated rings. The summed E-state index contributed by atoms with van der Waals surface area (Å²) in [6.07, 6.45) is -0.975. The van der Waals surface area contributed by atoms with Crippen LogP contribution in [-0.2, 0) is 4.79 Å². The molecule has 7 nitrogen and oxygen atoms in total. The number of fused-ring (bicyclic) bond motifs is 1. The van der Waals surface area contributed by atoms with Gasteiger partial charge in [0.05, 0.1) is 5.39 Å². The molecule has 0 bridgehead atoms. The largest absolute Gasteiger partial charge is 0.481 e. The number of ether oxygens (including phenoxy) is 1. The summed E-state index contributed by atoms with van der Waals surface area (Å²) in [4.78, 5) is 36.3. The van der Waals surface area contributed by atoms with Crippen LogP contribution in [0.3, 0.4) is 0 Å². The fraction of sp³-hybridized carbons (Fsp3) is 0.105. The second-order valence-corrected chi connectivity index (χ2v) is 6.21. The molecule has 0 radical (unpaired) electrons. The fourth-order valence-electron chi connectivity index (χ4n) is 2.29. The quantitative estimate of drug-likeness (QED) is 0.652. The van der Waals surface area contributed by atoms with Gasteiger partial charge in [-0.25, -0.2) is 4.39 Å². The first-order valence-corrected chi connectivity index (χ1v) is 8.47. The first-order valence-electron chi connectivity index (χ1n) is 8.09. The van der Waals surface area contributed by atoms with Gasteiger partial charge in [-0.3, -0.25) is 25.2 Å². The summed E-state index contributed by atoms with van der Waals surface area (Å²) in [5, 5.41) is 0.591. The Morgan fingerprint density at radius 3 is 2.54 bits per heavy atom. The maximum atomic E-state index is 12.9. The average Bonchev–Trinajstić information content (AvgIpc) is 2.67. The van der Waals surface area contributed by atoms with Crippen molar-refractivity contribution in [1.82, 2.24) is 10.9 Å². The zero-order chi connectivity index (χ0) is 20.3. The Morgan fingerprint density at radius 1 is 1.11 bits per heavy atom. The lowest BCUT2D eigenvalue weighted by molar-refractivity contribution is -0.128. The number of carbonyl (C=O) groups is 2. The van der Waals surface area contributed by atoms with Gasteiger partial charge in [0.1, 0.15) is 17.1 Å². The van der Waals surface area contributed by atoms with E-state index in [1.807, 2.05) is 0 Å². The molecule has 0 aliphatic rings. The minimum absolute atomic E-state index is 0.182. The maximum Gasteiger partial charge on any atom is 0.305 e. The van der Waals surface area contributed by atoms with Crippen molar-refractivity contribution in [2.75, 3.05) is 0 Å². The molecule has 0 spiro atoms. The average molecular weight is 405 g/mol. The van der Waals surface area contributed by atoms with Crippen molar-refractivity contribution < 1.29 is 23.1 Å². The van der Waals surface area contributed by atoms with Crippen LogP contribution >= 0.6 is 11.6 Å². The van der Waals surface area contributed by atoms with E-state index in [1.165, 1.54) is 49.4 Å². The van der Waals surface area contributed by atoms with Gasteiger partial charge in [-0.1, -0.05) is 11.6 Å². The Morgan fingerprint density at radius 2 is 1.82 bits per heavy atom. The predicted molar refractivity (Wildman–Crippen MR) is 99.6 cm³/mol. The molecule has 0 aliphatic carbocycles. The van der Waals surface area contributed by atoms with Crippen LogP contribution < -0.4 is 21.0 Å². The van der Waals surface area contributed by atoms with Crippen molar-refractivity contribution in [3.63, 3.8) is 0 Å². The highest BCUT2D eigenvalue weighted by Gasteiger charge is 2.18. The second kappa shape index (κ2) is 8.10. The summed E-state index contributed by atoms with van der Waals surface area (Å²) in [7, 11) is 0. The number of rotatable bonds is 4. The van der Waals surface area contributed by atoms with Crippen LogP contribution in [0.4, 0.5) is 4.39 Å². The summed E-state index contributed by atoms with van der Waals surface area (Å²) in [5.41, 5.74) is 4.04. The van der Waals surface area contributed by atoms with Crippen LogP contribution in [0.2, 0.25) is 5.02 Å². The summed E-state index contributed by atoms with van der Waals surface area (Å²) in [6.45, 7) is 1.45. The summed E-state index contributed by atoms with van der Waals surface area (Å²) in [6, 6.07) is 10.5. The van der Waals surface area contributed by atoms with Crippen molar-refractivity contribution in [2.45, 2.75) is 13.0 Å². The van der Waals surface area contributed by atoms with E-state index in [2.05, 4.69) is 10.9 Å². The molecule has 3 rings (SSSR count). The smallest absolute Gasteiger partial charge is 0.305 e. The molecule has 9 heteroatoms. The van der Waals surface area contributed by atoms with Gasteiger partial charge in [-0.05, 0) is 49.4 Å². The molecule has 3 aromatic rings. The van der Waals surface area contributed by atoms with Crippen LogP contribution in [0.5, 0.6) is 5.75 Å². The van der Waals surface area contributed by atoms with Gasteiger partial charge in [0.2, 0.25) is 0 Å². The van der Waals surface area contributed by atoms with E-state index in [4.69, 9.17) is 20.8 Å². The van der Waals surface area contributed by atoms with E-state index in [-0.39, 0.29) is 22.5 Å². The van der Waals surface area contributed by atoms with Crippen LogP contribution in [0.25, 0.3) is 11.0 Å². The number of hydrogen-bond acceptors (Lipinski definition) is 5. The predicted octanol–water partition coefficient (Wildman–Crippen LogP) is 2.81. The normalized spacial score (nSPS) is 11.7. The van der Waals surface area contributed by atoms with E-state index < -0.39 is 29.2 Å². The third-order valence-electron chi connectivity index (χ3n) is 3.71. The monoisotopic (exact) mass is 404 g/mol. The Hall–Kier alpha value is -3.39. The van der Waals surface area contributed by atoms with Gasteiger partial charge < -0.3 is 9.15 Å². The minimum atomic E-state index is -0.975. The van der Waals surface area contributed by atoms with Crippen molar-refractivity contribution in [2.24, 2.45) is 0 Å². The third-order valence-corrected chi connectivity index (χ3v) is 3.94. The molecular weight excluding hydrogens is 391 g/mol. The molecule has 2 aromatic carbocycles. The molecule has 0 aliphatic heterocycles. The number of amides is 2. The van der Waals surface area contributed by atoms with E-state index >= 15 is 0 Å². The molecule has 2 amide bonds. The molecule has 1 aromatic heterocycles. The maximum absolute atomic E-state index is 12.9. The minimum Gasteiger partial charge on any atom is -0.481 e. The Bertz CT molecular complexity index is 1100. The van der Waals surface area contributed by atoms with E-state index in [1.54, 1.807) is 0 Å². The van der Waals surface area contributed by atoms with Gasteiger partial charge in [-0.2, -0.15) is 0 Å². The topological polar surface area (TPSA) is 97.6 Å². The fourth-order valence-corrected chi connectivity index (χ4v) is 2.46. The zero-order valence-corrected chi connectivity index (χ0v) is 15.2. The van der Waals surface area contributed by atoms with Crippen molar-refractivity contribution in [1.29, 1.82) is 0 Å². The van der Waals surface area contributed by atoms with E-state index in [9.17, 15) is 18.8 Å². The summed E-state index contributed by atoms with van der Waals surface area (Å²) in [5.74, 6) is -1.92. The third kappa shape index (κ3) is 4.47. The Balaban J connectivity index is 1.64. The van der Waals surface area contributed by atoms with E-state index in [0.29, 0.717) is 5.02 Å². The van der Waals surface area contributed by atoms with Gasteiger partial charge in [-0.15, -0.1) is 0 Å². The van der Waals surface area contributed by atoms with Gasteiger partial charge in [0.25, 0.3) is 5.91 Å². The first-order chi connectivity index (χ1) is 13.3. The standard InChI is InChI=1S/C19H14ClFN2O5/c1-10(27-13-5-3-12(21)4-6-13)18(25)22-23-19(26)17-9-15(24)14-8-11(20)2-7-16(14)28-17/h2-10H,1H3,(H,22,25)(H,23,26)/t10-/m1/s1. The SMILES string of the molecule is C[C@@H](Oc1ccc(F)cc1)C(=O)NNC(=O)c1cc(=O)c2cc(Cl)ccc2o1. The zero-order valence-electron chi connectivity index (χ0n) is 14.5. The first kappa shape index (κ1) is 19.4. The number of halogens is 2. The number of nitrogens with one attached hydrogen (secondary N) is 2. The highest BCUT2D eigenvalue weighted by molar-refractivity contribution is 6.31. The van der Waals surface area contributed by atoms with Gasteiger partial charge >= 0.3 is 5.91 Å². The highest BCUT2D eigenvalue weighted by Crippen LogP contribution is 2.17. The molecule has 1 atom stereocenters. The molecule has 1 heterocycles. The second-order valence-electron chi connectivity index (χ2n) is 5.77. The lowest BCUT2D eigenvalue weighted by Gasteiger charge is -2.15. The van der Waals surface area contributed by atoms with Crippen LogP contribution in [-0.4, -0.2) is 17.9 Å². The molecule has 0 saturated heterocycles. The van der Waals surface area contributed by atoms with E-state index in [0.717, 1.165) is 6.07 Å². The Labute approximate surface area is 163 Å². The Kier molecular flexibility index (Phi) is 5.60. The van der Waals surface area contributed by atoms with Crippen molar-refractivity contribution in [3.05, 3.63) is 75.4 Å². The molecule has 144 valence electrons. The number of benzene rings is 2. The number of hydrazine groups is 1. The number of hydrogen-bond donors (Lipinski definition) is 2.